The lowest BCUT2D eigenvalue weighted by molar-refractivity contribution is 0.111. The first kappa shape index (κ1) is 12.3. The first-order chi connectivity index (χ1) is 9.85. The fourth-order valence-corrected chi connectivity index (χ4v) is 3.66. The average molecular weight is 290 g/mol. The molecular weight excluding hydrogens is 272 g/mol. The first-order valence-electron chi connectivity index (χ1n) is 7.23. The van der Waals surface area contributed by atoms with Gasteiger partial charge in [-0.05, 0) is 18.8 Å². The number of carbonyl (C=O) groups excluding carboxylic acids is 1. The molecule has 106 valence electrons. The average Bonchev–Trinajstić information content (AvgIpc) is 3.04. The zero-order valence-corrected chi connectivity index (χ0v) is 12.2. The highest BCUT2D eigenvalue weighted by molar-refractivity contribution is 7.15. The van der Waals surface area contributed by atoms with Crippen LogP contribution in [0.2, 0.25) is 0 Å². The molecule has 0 bridgehead atoms. The van der Waals surface area contributed by atoms with Gasteiger partial charge in [-0.25, -0.2) is 4.98 Å². The largest absolute Gasteiger partial charge is 0.352 e. The van der Waals surface area contributed by atoms with Crippen molar-refractivity contribution in [1.29, 1.82) is 0 Å². The molecule has 2 aromatic rings. The van der Waals surface area contributed by atoms with Gasteiger partial charge in [0.15, 0.2) is 17.1 Å². The van der Waals surface area contributed by atoms with Gasteiger partial charge in [0.25, 0.3) is 0 Å². The summed E-state index contributed by atoms with van der Waals surface area (Å²) in [5.74, 6) is 1.81. The maximum atomic E-state index is 11.4. The Labute approximate surface area is 121 Å². The third-order valence-corrected chi connectivity index (χ3v) is 5.03. The van der Waals surface area contributed by atoms with Gasteiger partial charge in [0.05, 0.1) is 0 Å². The number of imidazole rings is 1. The Kier molecular flexibility index (Phi) is 3.00. The van der Waals surface area contributed by atoms with Crippen LogP contribution < -0.4 is 4.90 Å². The number of aromatic nitrogens is 2. The van der Waals surface area contributed by atoms with E-state index < -0.39 is 0 Å². The molecule has 1 aliphatic carbocycles. The van der Waals surface area contributed by atoms with Crippen molar-refractivity contribution < 1.29 is 4.79 Å². The maximum Gasteiger partial charge on any atom is 0.196 e. The van der Waals surface area contributed by atoms with Crippen LogP contribution in [0.3, 0.4) is 0 Å². The monoisotopic (exact) mass is 290 g/mol. The van der Waals surface area contributed by atoms with Crippen LogP contribution in [0.25, 0.3) is 4.96 Å². The summed E-state index contributed by atoms with van der Waals surface area (Å²) in [6, 6.07) is 0. The number of hydrogen-bond acceptors (Lipinski definition) is 5. The first-order valence-corrected chi connectivity index (χ1v) is 8.11. The van der Waals surface area contributed by atoms with Crippen molar-refractivity contribution in [2.75, 3.05) is 37.6 Å². The zero-order chi connectivity index (χ0) is 13.5. The number of fused-ring (bicyclic) bond motifs is 1. The van der Waals surface area contributed by atoms with E-state index in [2.05, 4.69) is 14.8 Å². The van der Waals surface area contributed by atoms with E-state index >= 15 is 0 Å². The van der Waals surface area contributed by atoms with Crippen molar-refractivity contribution in [3.63, 3.8) is 0 Å². The second kappa shape index (κ2) is 4.86. The molecule has 1 aliphatic heterocycles. The number of piperazine rings is 1. The maximum absolute atomic E-state index is 11.4. The highest BCUT2D eigenvalue weighted by Gasteiger charge is 2.28. The van der Waals surface area contributed by atoms with E-state index in [0.29, 0.717) is 5.69 Å². The Morgan fingerprint density at radius 2 is 2.10 bits per heavy atom. The van der Waals surface area contributed by atoms with Crippen molar-refractivity contribution in [2.45, 2.75) is 12.8 Å². The second-order valence-electron chi connectivity index (χ2n) is 5.73. The van der Waals surface area contributed by atoms with E-state index in [1.54, 1.807) is 11.3 Å². The minimum Gasteiger partial charge on any atom is -0.352 e. The highest BCUT2D eigenvalue weighted by Crippen LogP contribution is 2.30. The highest BCUT2D eigenvalue weighted by atomic mass is 32.1. The van der Waals surface area contributed by atoms with Crippen LogP contribution in [0, 0.1) is 5.92 Å². The van der Waals surface area contributed by atoms with Crippen LogP contribution in [0.1, 0.15) is 23.3 Å². The fraction of sp³-hybridized carbons (Fsp3) is 0.571. The van der Waals surface area contributed by atoms with Crippen LogP contribution in [-0.4, -0.2) is 53.3 Å². The lowest BCUT2D eigenvalue weighted by Crippen LogP contribution is -2.47. The Bertz CT molecular complexity index is 622. The summed E-state index contributed by atoms with van der Waals surface area (Å²) in [5.41, 5.74) is 0.692. The summed E-state index contributed by atoms with van der Waals surface area (Å²) in [6.45, 7) is 5.36. The van der Waals surface area contributed by atoms with Crippen LogP contribution in [0.4, 0.5) is 5.82 Å². The Hall–Kier alpha value is -1.40. The third kappa shape index (κ3) is 2.13. The molecule has 0 aromatic carbocycles. The lowest BCUT2D eigenvalue weighted by atomic mass is 10.2. The van der Waals surface area contributed by atoms with Crippen LogP contribution in [0.5, 0.6) is 0 Å². The van der Waals surface area contributed by atoms with Gasteiger partial charge in [-0.2, -0.15) is 0 Å². The molecule has 2 fully saturated rings. The summed E-state index contributed by atoms with van der Waals surface area (Å²) in [4.78, 5) is 21.7. The molecule has 6 heteroatoms. The summed E-state index contributed by atoms with van der Waals surface area (Å²) in [6.07, 6.45) is 5.67. The Morgan fingerprint density at radius 3 is 2.80 bits per heavy atom. The predicted molar refractivity (Wildman–Crippen MR) is 79.8 cm³/mol. The van der Waals surface area contributed by atoms with E-state index in [4.69, 9.17) is 0 Å². The van der Waals surface area contributed by atoms with Gasteiger partial charge in [-0.3, -0.25) is 14.1 Å². The van der Waals surface area contributed by atoms with E-state index in [0.717, 1.165) is 49.2 Å². The van der Waals surface area contributed by atoms with Gasteiger partial charge in [0, 0.05) is 44.3 Å². The van der Waals surface area contributed by atoms with E-state index in [-0.39, 0.29) is 0 Å². The lowest BCUT2D eigenvalue weighted by Gasteiger charge is -2.35. The van der Waals surface area contributed by atoms with E-state index in [9.17, 15) is 4.79 Å². The molecule has 0 radical (unpaired) electrons. The molecule has 20 heavy (non-hydrogen) atoms. The molecule has 5 nitrogen and oxygen atoms in total. The molecule has 4 rings (SSSR count). The number of anilines is 1. The fourth-order valence-electron chi connectivity index (χ4n) is 2.94. The topological polar surface area (TPSA) is 40.9 Å². The SMILES string of the molecule is O=Cc1c(N2CCN(CC3CC3)CC2)nc2sccn12. The third-order valence-electron chi connectivity index (χ3n) is 4.28. The number of thiazole rings is 1. The number of carbonyl (C=O) groups is 1. The summed E-state index contributed by atoms with van der Waals surface area (Å²) in [7, 11) is 0. The van der Waals surface area contributed by atoms with Gasteiger partial charge in [-0.15, -0.1) is 11.3 Å². The number of hydrogen-bond donors (Lipinski definition) is 0. The van der Waals surface area contributed by atoms with Gasteiger partial charge in [0.1, 0.15) is 5.69 Å². The van der Waals surface area contributed by atoms with Crippen molar-refractivity contribution in [3.8, 4) is 0 Å². The van der Waals surface area contributed by atoms with Crippen LogP contribution >= 0.6 is 11.3 Å². The molecular formula is C14H18N4OS. The predicted octanol–water partition coefficient (Wildman–Crippen LogP) is 1.74. The molecule has 2 aliphatic rings. The second-order valence-corrected chi connectivity index (χ2v) is 6.60. The molecule has 1 saturated heterocycles. The minimum absolute atomic E-state index is 0.692. The Balaban J connectivity index is 1.51. The number of nitrogens with zero attached hydrogens (tertiary/aromatic N) is 4. The molecule has 0 atom stereocenters. The molecule has 0 spiro atoms. The summed E-state index contributed by atoms with van der Waals surface area (Å²) < 4.78 is 1.89. The van der Waals surface area contributed by atoms with Crippen molar-refractivity contribution >= 4 is 28.4 Å². The zero-order valence-electron chi connectivity index (χ0n) is 11.4. The molecule has 0 unspecified atom stereocenters. The number of rotatable bonds is 4. The van der Waals surface area contributed by atoms with E-state index in [1.165, 1.54) is 19.4 Å². The van der Waals surface area contributed by atoms with Crippen LogP contribution in [-0.2, 0) is 0 Å². The van der Waals surface area contributed by atoms with Gasteiger partial charge in [-0.1, -0.05) is 0 Å². The molecule has 1 saturated carbocycles. The summed E-state index contributed by atoms with van der Waals surface area (Å²) in [5, 5.41) is 1.96. The van der Waals surface area contributed by atoms with Gasteiger partial charge in [0.2, 0.25) is 0 Å². The smallest absolute Gasteiger partial charge is 0.196 e. The van der Waals surface area contributed by atoms with Gasteiger partial charge < -0.3 is 4.90 Å². The van der Waals surface area contributed by atoms with Crippen molar-refractivity contribution in [3.05, 3.63) is 17.3 Å². The van der Waals surface area contributed by atoms with Crippen molar-refractivity contribution in [1.82, 2.24) is 14.3 Å². The Morgan fingerprint density at radius 1 is 1.30 bits per heavy atom. The summed E-state index contributed by atoms with van der Waals surface area (Å²) >= 11 is 1.57. The number of aldehydes is 1. The van der Waals surface area contributed by atoms with Gasteiger partial charge >= 0.3 is 0 Å². The molecule has 2 aromatic heterocycles. The quantitative estimate of drug-likeness (QED) is 0.804. The van der Waals surface area contributed by atoms with Crippen LogP contribution in [0.15, 0.2) is 11.6 Å². The molecule has 0 amide bonds. The normalized spacial score (nSPS) is 20.7. The minimum atomic E-state index is 0.692. The van der Waals surface area contributed by atoms with Crippen molar-refractivity contribution in [2.24, 2.45) is 5.92 Å². The standard InChI is InChI=1S/C14H18N4OS/c19-10-12-13(15-14-18(12)7-8-20-14)17-5-3-16(4-6-17)9-11-1-2-11/h7-8,10-11H,1-6,9H2. The molecule has 3 heterocycles. The molecule has 0 N–H and O–H groups in total. The van der Waals surface area contributed by atoms with E-state index in [1.807, 2.05) is 16.0 Å².